The van der Waals surface area contributed by atoms with Crippen molar-refractivity contribution in [1.29, 1.82) is 0 Å². The predicted octanol–water partition coefficient (Wildman–Crippen LogP) is 2.18. The van der Waals surface area contributed by atoms with Gasteiger partial charge in [0, 0.05) is 12.6 Å². The Bertz CT molecular complexity index is 569. The number of nitrogens with one attached hydrogen (secondary N) is 2. The number of hydrogen-bond acceptors (Lipinski definition) is 3. The van der Waals surface area contributed by atoms with Crippen LogP contribution in [0.15, 0.2) is 23.1 Å². The maximum atomic E-state index is 12.9. The van der Waals surface area contributed by atoms with Crippen molar-refractivity contribution in [2.45, 2.75) is 24.3 Å². The highest BCUT2D eigenvalue weighted by Gasteiger charge is 2.27. The minimum absolute atomic E-state index is 0. The molecule has 2 atom stereocenters. The van der Waals surface area contributed by atoms with Crippen LogP contribution in [0.2, 0.25) is 5.02 Å². The van der Waals surface area contributed by atoms with E-state index in [1.165, 1.54) is 6.07 Å². The summed E-state index contributed by atoms with van der Waals surface area (Å²) in [6, 6.07) is 3.09. The average Bonchev–Trinajstić information content (AvgIpc) is 2.31. The van der Waals surface area contributed by atoms with Crippen molar-refractivity contribution in [3.8, 4) is 0 Å². The van der Waals surface area contributed by atoms with E-state index in [9.17, 15) is 12.8 Å². The molecule has 114 valence electrons. The van der Waals surface area contributed by atoms with Crippen LogP contribution in [0.3, 0.4) is 0 Å². The van der Waals surface area contributed by atoms with Crippen LogP contribution in [0, 0.1) is 11.7 Å². The Balaban J connectivity index is 0.00000200. The van der Waals surface area contributed by atoms with Crippen LogP contribution < -0.4 is 10.0 Å². The lowest BCUT2D eigenvalue weighted by Crippen LogP contribution is -2.50. The molecule has 0 saturated carbocycles. The molecule has 1 aliphatic heterocycles. The Morgan fingerprint density at radius 2 is 2.15 bits per heavy atom. The van der Waals surface area contributed by atoms with Gasteiger partial charge >= 0.3 is 0 Å². The van der Waals surface area contributed by atoms with E-state index in [2.05, 4.69) is 10.0 Å². The van der Waals surface area contributed by atoms with Crippen LogP contribution in [0.5, 0.6) is 0 Å². The van der Waals surface area contributed by atoms with Crippen LogP contribution in [0.4, 0.5) is 4.39 Å². The minimum Gasteiger partial charge on any atom is -0.315 e. The van der Waals surface area contributed by atoms with Crippen molar-refractivity contribution in [3.05, 3.63) is 29.0 Å². The van der Waals surface area contributed by atoms with Crippen molar-refractivity contribution in [2.75, 3.05) is 13.1 Å². The zero-order chi connectivity index (χ0) is 14.0. The van der Waals surface area contributed by atoms with E-state index in [0.29, 0.717) is 6.54 Å². The van der Waals surface area contributed by atoms with Gasteiger partial charge in [-0.25, -0.2) is 17.5 Å². The van der Waals surface area contributed by atoms with Crippen molar-refractivity contribution in [3.63, 3.8) is 0 Å². The molecule has 2 rings (SSSR count). The van der Waals surface area contributed by atoms with E-state index >= 15 is 0 Å². The molecule has 2 N–H and O–H groups in total. The molecule has 0 aromatic heterocycles. The summed E-state index contributed by atoms with van der Waals surface area (Å²) >= 11 is 5.79. The first kappa shape index (κ1) is 17.7. The predicted molar refractivity (Wildman–Crippen MR) is 79.4 cm³/mol. The fraction of sp³-hybridized carbons (Fsp3) is 0.500. The molecule has 1 aliphatic rings. The zero-order valence-electron chi connectivity index (χ0n) is 10.9. The Morgan fingerprint density at radius 3 is 2.75 bits per heavy atom. The van der Waals surface area contributed by atoms with Crippen molar-refractivity contribution in [2.24, 2.45) is 5.92 Å². The van der Waals surface area contributed by atoms with Gasteiger partial charge in [0.2, 0.25) is 10.0 Å². The number of benzene rings is 1. The molecule has 1 aromatic rings. The van der Waals surface area contributed by atoms with Gasteiger partial charge in [0.05, 0.1) is 5.02 Å². The van der Waals surface area contributed by atoms with Crippen LogP contribution in [0.1, 0.15) is 13.3 Å². The molecule has 0 spiro atoms. The standard InChI is InChI=1S/C12H16ClFN2O2S.ClH/c1-8-4-5-15-7-11(8)16-19(17,18)12-3-2-9(14)6-10(12)13;/h2-3,6,8,11,15-16H,4-5,7H2,1H3;1H. The van der Waals surface area contributed by atoms with E-state index in [4.69, 9.17) is 11.6 Å². The Morgan fingerprint density at radius 1 is 1.45 bits per heavy atom. The first-order valence-corrected chi connectivity index (χ1v) is 7.94. The van der Waals surface area contributed by atoms with Crippen molar-refractivity contribution >= 4 is 34.0 Å². The van der Waals surface area contributed by atoms with E-state index in [-0.39, 0.29) is 34.3 Å². The smallest absolute Gasteiger partial charge is 0.242 e. The van der Waals surface area contributed by atoms with Gasteiger partial charge in [0.1, 0.15) is 10.7 Å². The summed E-state index contributed by atoms with van der Waals surface area (Å²) in [5.41, 5.74) is 0. The largest absolute Gasteiger partial charge is 0.315 e. The maximum absolute atomic E-state index is 12.9. The number of rotatable bonds is 3. The normalized spacial score (nSPS) is 23.1. The highest BCUT2D eigenvalue weighted by atomic mass is 35.5. The third-order valence-corrected chi connectivity index (χ3v) is 5.29. The molecular weight excluding hydrogens is 326 g/mol. The Hall–Kier alpha value is -0.400. The van der Waals surface area contributed by atoms with Gasteiger partial charge in [-0.15, -0.1) is 12.4 Å². The van der Waals surface area contributed by atoms with Gasteiger partial charge < -0.3 is 5.32 Å². The van der Waals surface area contributed by atoms with Crippen LogP contribution in [0.25, 0.3) is 0 Å². The second-order valence-corrected chi connectivity index (χ2v) is 6.86. The molecule has 2 unspecified atom stereocenters. The molecule has 0 radical (unpaired) electrons. The minimum atomic E-state index is -3.73. The van der Waals surface area contributed by atoms with Crippen LogP contribution >= 0.6 is 24.0 Å². The third-order valence-electron chi connectivity index (χ3n) is 3.32. The molecule has 1 aromatic carbocycles. The average molecular weight is 343 g/mol. The summed E-state index contributed by atoms with van der Waals surface area (Å²) in [6.45, 7) is 3.47. The summed E-state index contributed by atoms with van der Waals surface area (Å²) < 4.78 is 40.0. The number of sulfonamides is 1. The van der Waals surface area contributed by atoms with E-state index in [1.807, 2.05) is 6.92 Å². The molecule has 1 heterocycles. The lowest BCUT2D eigenvalue weighted by molar-refractivity contribution is 0.327. The molecule has 0 bridgehead atoms. The summed E-state index contributed by atoms with van der Waals surface area (Å²) in [5.74, 6) is -0.313. The lowest BCUT2D eigenvalue weighted by atomic mass is 9.96. The molecule has 1 fully saturated rings. The van der Waals surface area contributed by atoms with E-state index in [1.54, 1.807) is 0 Å². The second-order valence-electron chi connectivity index (χ2n) is 4.77. The third kappa shape index (κ3) is 4.05. The monoisotopic (exact) mass is 342 g/mol. The Kier molecular flexibility index (Phi) is 6.22. The SMILES string of the molecule is CC1CCNCC1NS(=O)(=O)c1ccc(F)cc1Cl.Cl. The first-order valence-electron chi connectivity index (χ1n) is 6.08. The summed E-state index contributed by atoms with van der Waals surface area (Å²) in [5, 5.41) is 3.04. The molecule has 4 nitrogen and oxygen atoms in total. The summed E-state index contributed by atoms with van der Waals surface area (Å²) in [4.78, 5) is -0.0895. The number of hydrogen-bond donors (Lipinski definition) is 2. The molecule has 8 heteroatoms. The number of halogens is 3. The quantitative estimate of drug-likeness (QED) is 0.885. The van der Waals surface area contributed by atoms with Gasteiger partial charge in [0.15, 0.2) is 0 Å². The first-order chi connectivity index (χ1) is 8.90. The highest BCUT2D eigenvalue weighted by molar-refractivity contribution is 7.89. The van der Waals surface area contributed by atoms with E-state index < -0.39 is 15.8 Å². The maximum Gasteiger partial charge on any atom is 0.242 e. The van der Waals surface area contributed by atoms with Crippen LogP contribution in [-0.4, -0.2) is 27.5 Å². The van der Waals surface area contributed by atoms with E-state index in [0.717, 1.165) is 25.1 Å². The van der Waals surface area contributed by atoms with Crippen molar-refractivity contribution in [1.82, 2.24) is 10.0 Å². The van der Waals surface area contributed by atoms with Gasteiger partial charge in [-0.1, -0.05) is 18.5 Å². The fourth-order valence-corrected chi connectivity index (χ4v) is 3.98. The highest BCUT2D eigenvalue weighted by Crippen LogP contribution is 2.23. The van der Waals surface area contributed by atoms with Gasteiger partial charge in [-0.2, -0.15) is 0 Å². The van der Waals surface area contributed by atoms with Crippen molar-refractivity contribution < 1.29 is 12.8 Å². The molecule has 20 heavy (non-hydrogen) atoms. The van der Waals surface area contributed by atoms with Gasteiger partial charge in [-0.05, 0) is 37.1 Å². The Labute approximate surface area is 129 Å². The lowest BCUT2D eigenvalue weighted by Gasteiger charge is -2.30. The summed E-state index contributed by atoms with van der Waals surface area (Å²) in [6.07, 6.45) is 0.907. The second kappa shape index (κ2) is 7.04. The number of piperidine rings is 1. The van der Waals surface area contributed by atoms with Gasteiger partial charge in [-0.3, -0.25) is 0 Å². The molecular formula is C12H17Cl2FN2O2S. The molecule has 0 aliphatic carbocycles. The zero-order valence-corrected chi connectivity index (χ0v) is 13.3. The molecule has 1 saturated heterocycles. The summed E-state index contributed by atoms with van der Waals surface area (Å²) in [7, 11) is -3.73. The van der Waals surface area contributed by atoms with Crippen LogP contribution in [-0.2, 0) is 10.0 Å². The topological polar surface area (TPSA) is 58.2 Å². The fourth-order valence-electron chi connectivity index (χ4n) is 2.10. The molecule has 0 amide bonds. The van der Waals surface area contributed by atoms with Gasteiger partial charge in [0.25, 0.3) is 0 Å².